The number of carbonyl (C=O) groups is 1. The Balaban J connectivity index is 1.79. The van der Waals surface area contributed by atoms with Crippen molar-refractivity contribution >= 4 is 17.8 Å². The maximum atomic E-state index is 13.5. The standard InChI is InChI=1S/C19H16F3N5O/c20-15-2-1-12(3-14(15)19(21)22)13-4-16(17(6-24)25-7-13)26-8-18(28)27-9-11(5-23)10-27/h1-4,6-7,11,19,24,26H,8-10H2. The fraction of sp³-hybridized carbons (Fsp3) is 0.263. The van der Waals surface area contributed by atoms with E-state index in [4.69, 9.17) is 10.7 Å². The molecule has 0 saturated carbocycles. The molecule has 6 nitrogen and oxygen atoms in total. The van der Waals surface area contributed by atoms with E-state index in [9.17, 15) is 18.0 Å². The summed E-state index contributed by atoms with van der Waals surface area (Å²) in [5, 5.41) is 19.1. The highest BCUT2D eigenvalue weighted by atomic mass is 19.3. The van der Waals surface area contributed by atoms with Crippen LogP contribution in [0.1, 0.15) is 17.7 Å². The molecule has 144 valence electrons. The molecule has 1 aliphatic rings. The number of nitriles is 1. The molecule has 1 aromatic carbocycles. The molecule has 1 saturated heterocycles. The molecule has 2 N–H and O–H groups in total. The summed E-state index contributed by atoms with van der Waals surface area (Å²) >= 11 is 0. The van der Waals surface area contributed by atoms with Crippen molar-refractivity contribution < 1.29 is 18.0 Å². The van der Waals surface area contributed by atoms with E-state index in [1.165, 1.54) is 17.2 Å². The summed E-state index contributed by atoms with van der Waals surface area (Å²) in [6.07, 6.45) is -0.554. The molecule has 1 fully saturated rings. The number of aromatic nitrogens is 1. The molecule has 0 spiro atoms. The van der Waals surface area contributed by atoms with Gasteiger partial charge in [0.15, 0.2) is 0 Å². The lowest BCUT2D eigenvalue weighted by molar-refractivity contribution is -0.134. The van der Waals surface area contributed by atoms with Crippen LogP contribution in [0.5, 0.6) is 0 Å². The van der Waals surface area contributed by atoms with E-state index in [2.05, 4.69) is 16.4 Å². The largest absolute Gasteiger partial charge is 0.374 e. The summed E-state index contributed by atoms with van der Waals surface area (Å²) in [4.78, 5) is 17.8. The highest BCUT2D eigenvalue weighted by Crippen LogP contribution is 2.29. The maximum Gasteiger partial charge on any atom is 0.266 e. The number of carbonyl (C=O) groups excluding carboxylic acids is 1. The van der Waals surface area contributed by atoms with Crippen molar-refractivity contribution in [2.45, 2.75) is 6.43 Å². The second-order valence-corrected chi connectivity index (χ2v) is 6.32. The number of alkyl halides is 2. The second kappa shape index (κ2) is 8.08. The average molecular weight is 387 g/mol. The van der Waals surface area contributed by atoms with Gasteiger partial charge in [-0.1, -0.05) is 6.07 Å². The van der Waals surface area contributed by atoms with Crippen LogP contribution < -0.4 is 5.32 Å². The third-order valence-electron chi connectivity index (χ3n) is 4.47. The summed E-state index contributed by atoms with van der Waals surface area (Å²) in [7, 11) is 0. The van der Waals surface area contributed by atoms with Crippen molar-refractivity contribution in [1.29, 1.82) is 10.7 Å². The molecule has 2 aromatic rings. The Bertz CT molecular complexity index is 951. The summed E-state index contributed by atoms with van der Waals surface area (Å²) in [6.45, 7) is 0.716. The van der Waals surface area contributed by atoms with Crippen molar-refractivity contribution in [3.63, 3.8) is 0 Å². The summed E-state index contributed by atoms with van der Waals surface area (Å²) < 4.78 is 39.4. The van der Waals surface area contributed by atoms with Gasteiger partial charge in [0, 0.05) is 31.1 Å². The van der Waals surface area contributed by atoms with Crippen LogP contribution in [0.2, 0.25) is 0 Å². The molecule has 0 aliphatic carbocycles. The summed E-state index contributed by atoms with van der Waals surface area (Å²) in [5.41, 5.74) is 0.723. The summed E-state index contributed by atoms with van der Waals surface area (Å²) in [5.74, 6) is -1.33. The number of likely N-dealkylation sites (tertiary alicyclic amines) is 1. The van der Waals surface area contributed by atoms with Gasteiger partial charge in [0.25, 0.3) is 6.43 Å². The minimum absolute atomic E-state index is 0.0597. The minimum atomic E-state index is -2.95. The number of amides is 1. The Kier molecular flexibility index (Phi) is 5.59. The third-order valence-corrected chi connectivity index (χ3v) is 4.47. The van der Waals surface area contributed by atoms with Crippen molar-refractivity contribution in [1.82, 2.24) is 9.88 Å². The number of pyridine rings is 1. The zero-order valence-corrected chi connectivity index (χ0v) is 14.6. The first-order chi connectivity index (χ1) is 13.4. The lowest BCUT2D eigenvalue weighted by Crippen LogP contribution is -2.51. The molecule has 28 heavy (non-hydrogen) atoms. The van der Waals surface area contributed by atoms with Crippen molar-refractivity contribution in [2.75, 3.05) is 25.0 Å². The number of nitrogens with zero attached hydrogens (tertiary/aromatic N) is 3. The Morgan fingerprint density at radius 2 is 2.14 bits per heavy atom. The first kappa shape index (κ1) is 19.4. The molecule has 1 amide bonds. The third kappa shape index (κ3) is 3.96. The number of benzene rings is 1. The normalized spacial score (nSPS) is 13.8. The van der Waals surface area contributed by atoms with Gasteiger partial charge in [-0.25, -0.2) is 13.2 Å². The summed E-state index contributed by atoms with van der Waals surface area (Å²) in [6, 6.07) is 7.03. The maximum absolute atomic E-state index is 13.5. The van der Waals surface area contributed by atoms with Crippen LogP contribution in [0.4, 0.5) is 18.9 Å². The zero-order valence-electron chi connectivity index (χ0n) is 14.6. The number of anilines is 1. The second-order valence-electron chi connectivity index (χ2n) is 6.32. The molecule has 3 rings (SSSR count). The van der Waals surface area contributed by atoms with Crippen LogP contribution in [-0.2, 0) is 4.79 Å². The highest BCUT2D eigenvalue weighted by Gasteiger charge is 2.30. The van der Waals surface area contributed by atoms with Crippen LogP contribution >= 0.6 is 0 Å². The van der Waals surface area contributed by atoms with Crippen molar-refractivity contribution in [3.05, 3.63) is 47.5 Å². The number of rotatable bonds is 6. The van der Waals surface area contributed by atoms with E-state index in [0.29, 0.717) is 29.9 Å². The van der Waals surface area contributed by atoms with E-state index >= 15 is 0 Å². The van der Waals surface area contributed by atoms with Gasteiger partial charge < -0.3 is 15.6 Å². The van der Waals surface area contributed by atoms with Gasteiger partial charge in [-0.05, 0) is 23.8 Å². The van der Waals surface area contributed by atoms with E-state index in [-0.39, 0.29) is 24.1 Å². The first-order valence-corrected chi connectivity index (χ1v) is 8.42. The lowest BCUT2D eigenvalue weighted by Gasteiger charge is -2.35. The smallest absolute Gasteiger partial charge is 0.266 e. The van der Waals surface area contributed by atoms with Gasteiger partial charge in [0.2, 0.25) is 5.91 Å². The topological polar surface area (TPSA) is 92.9 Å². The molecule has 1 aliphatic heterocycles. The van der Waals surface area contributed by atoms with E-state index in [1.54, 1.807) is 6.07 Å². The molecule has 0 bridgehead atoms. The SMILES string of the molecule is N#CC1CN(C(=O)CNc2cc(-c3ccc(F)c(C(F)F)c3)cnc2C=N)C1. The Labute approximate surface area is 159 Å². The number of nitrogens with one attached hydrogen (secondary N) is 2. The van der Waals surface area contributed by atoms with Crippen LogP contribution in [-0.4, -0.2) is 41.6 Å². The number of hydrogen-bond acceptors (Lipinski definition) is 5. The molecular formula is C19H16F3N5O. The van der Waals surface area contributed by atoms with Gasteiger partial charge in [-0.15, -0.1) is 0 Å². The van der Waals surface area contributed by atoms with Gasteiger partial charge in [-0.3, -0.25) is 9.78 Å². The van der Waals surface area contributed by atoms with Gasteiger partial charge in [-0.2, -0.15) is 5.26 Å². The predicted octanol–water partition coefficient (Wildman–Crippen LogP) is 3.22. The molecule has 0 radical (unpaired) electrons. The van der Waals surface area contributed by atoms with Crippen LogP contribution in [0, 0.1) is 28.5 Å². The van der Waals surface area contributed by atoms with E-state index < -0.39 is 17.8 Å². The molecule has 0 atom stereocenters. The highest BCUT2D eigenvalue weighted by molar-refractivity contribution is 5.88. The van der Waals surface area contributed by atoms with Gasteiger partial charge in [0.1, 0.15) is 11.5 Å². The number of halogens is 3. The fourth-order valence-corrected chi connectivity index (χ4v) is 2.83. The molecule has 1 aromatic heterocycles. The van der Waals surface area contributed by atoms with Crippen molar-refractivity contribution in [3.8, 4) is 17.2 Å². The van der Waals surface area contributed by atoms with Crippen LogP contribution in [0.15, 0.2) is 30.5 Å². The monoisotopic (exact) mass is 387 g/mol. The molecular weight excluding hydrogens is 371 g/mol. The molecule has 0 unspecified atom stereocenters. The van der Waals surface area contributed by atoms with E-state index in [1.807, 2.05) is 0 Å². The number of hydrogen-bond donors (Lipinski definition) is 2. The fourth-order valence-electron chi connectivity index (χ4n) is 2.83. The van der Waals surface area contributed by atoms with Gasteiger partial charge >= 0.3 is 0 Å². The van der Waals surface area contributed by atoms with Crippen molar-refractivity contribution in [2.24, 2.45) is 5.92 Å². The predicted molar refractivity (Wildman–Crippen MR) is 96.6 cm³/mol. The van der Waals surface area contributed by atoms with Gasteiger partial charge in [0.05, 0.1) is 29.8 Å². The Morgan fingerprint density at radius 1 is 1.39 bits per heavy atom. The first-order valence-electron chi connectivity index (χ1n) is 8.42. The van der Waals surface area contributed by atoms with Crippen LogP contribution in [0.25, 0.3) is 11.1 Å². The van der Waals surface area contributed by atoms with E-state index in [0.717, 1.165) is 18.3 Å². The van der Waals surface area contributed by atoms with Crippen LogP contribution in [0.3, 0.4) is 0 Å². The zero-order chi connectivity index (χ0) is 20.3. The minimum Gasteiger partial charge on any atom is -0.374 e. The average Bonchev–Trinajstić information content (AvgIpc) is 2.65. The molecule has 2 heterocycles. The lowest BCUT2D eigenvalue weighted by atomic mass is 10.0. The quantitative estimate of drug-likeness (QED) is 0.745. The molecule has 9 heteroatoms. The Morgan fingerprint density at radius 3 is 2.79 bits per heavy atom. The Hall–Kier alpha value is -3.41.